The number of aliphatic carboxylic acids is 1. The van der Waals surface area contributed by atoms with E-state index in [1.165, 1.54) is 0 Å². The fourth-order valence-corrected chi connectivity index (χ4v) is 3.31. The number of benzene rings is 1. The average molecular weight is 300 g/mol. The smallest absolute Gasteiger partial charge is 0.308 e. The number of rotatable bonds is 4. The van der Waals surface area contributed by atoms with Gasteiger partial charge in [0.05, 0.1) is 12.3 Å². The van der Waals surface area contributed by atoms with Gasteiger partial charge in [-0.15, -0.1) is 6.58 Å². The van der Waals surface area contributed by atoms with Crippen molar-refractivity contribution in [3.8, 4) is 0 Å². The van der Waals surface area contributed by atoms with Gasteiger partial charge in [0.2, 0.25) is 5.91 Å². The molecular formula is C17H20N2O3. The van der Waals surface area contributed by atoms with Crippen LogP contribution in [0.25, 0.3) is 0 Å². The Hall–Kier alpha value is -2.30. The molecule has 1 aromatic carbocycles. The van der Waals surface area contributed by atoms with E-state index >= 15 is 0 Å². The molecule has 2 aliphatic heterocycles. The van der Waals surface area contributed by atoms with Crippen LogP contribution in [-0.4, -0.2) is 36.6 Å². The molecule has 1 saturated heterocycles. The van der Waals surface area contributed by atoms with E-state index in [0.717, 1.165) is 36.3 Å². The van der Waals surface area contributed by atoms with Crippen LogP contribution in [0, 0.1) is 5.92 Å². The first-order valence-corrected chi connectivity index (χ1v) is 7.62. The van der Waals surface area contributed by atoms with E-state index in [1.54, 1.807) is 11.0 Å². The van der Waals surface area contributed by atoms with Crippen molar-refractivity contribution in [2.45, 2.75) is 19.3 Å². The van der Waals surface area contributed by atoms with Gasteiger partial charge in [0.25, 0.3) is 0 Å². The quantitative estimate of drug-likeness (QED) is 0.865. The van der Waals surface area contributed by atoms with Crippen molar-refractivity contribution in [2.75, 3.05) is 29.4 Å². The van der Waals surface area contributed by atoms with E-state index in [1.807, 2.05) is 18.2 Å². The second-order valence-corrected chi connectivity index (χ2v) is 5.91. The molecule has 0 aromatic heterocycles. The Morgan fingerprint density at radius 2 is 2.27 bits per heavy atom. The lowest BCUT2D eigenvalue weighted by atomic mass is 9.97. The Morgan fingerprint density at radius 1 is 1.45 bits per heavy atom. The molecule has 0 saturated carbocycles. The number of hydrogen-bond acceptors (Lipinski definition) is 3. The van der Waals surface area contributed by atoms with Gasteiger partial charge in [-0.2, -0.15) is 0 Å². The third kappa shape index (κ3) is 2.58. The Balaban J connectivity index is 1.83. The van der Waals surface area contributed by atoms with Crippen LogP contribution in [0.15, 0.2) is 30.9 Å². The minimum Gasteiger partial charge on any atom is -0.481 e. The van der Waals surface area contributed by atoms with E-state index in [0.29, 0.717) is 19.5 Å². The Labute approximate surface area is 129 Å². The molecular weight excluding hydrogens is 280 g/mol. The van der Waals surface area contributed by atoms with Crippen LogP contribution in [0.4, 0.5) is 11.4 Å². The highest BCUT2D eigenvalue weighted by Crippen LogP contribution is 2.33. The lowest BCUT2D eigenvalue weighted by Gasteiger charge is -2.32. The minimum atomic E-state index is -0.724. The van der Waals surface area contributed by atoms with Crippen LogP contribution >= 0.6 is 0 Å². The molecule has 0 spiro atoms. The van der Waals surface area contributed by atoms with Crippen molar-refractivity contribution in [2.24, 2.45) is 5.92 Å². The predicted octanol–water partition coefficient (Wildman–Crippen LogP) is 2.06. The molecule has 22 heavy (non-hydrogen) atoms. The molecule has 0 bridgehead atoms. The predicted molar refractivity (Wildman–Crippen MR) is 85.3 cm³/mol. The number of carbonyl (C=O) groups is 2. The van der Waals surface area contributed by atoms with E-state index in [9.17, 15) is 14.7 Å². The van der Waals surface area contributed by atoms with Gasteiger partial charge in [0.15, 0.2) is 0 Å². The Morgan fingerprint density at radius 3 is 3.00 bits per heavy atom. The molecule has 5 nitrogen and oxygen atoms in total. The number of nitrogens with zero attached hydrogens (tertiary/aromatic N) is 2. The monoisotopic (exact) mass is 300 g/mol. The van der Waals surface area contributed by atoms with Gasteiger partial charge in [0, 0.05) is 31.0 Å². The number of amides is 1. The maximum absolute atomic E-state index is 12.0. The summed E-state index contributed by atoms with van der Waals surface area (Å²) in [5, 5.41) is 9.20. The second kappa shape index (κ2) is 5.83. The van der Waals surface area contributed by atoms with Crippen LogP contribution in [0.2, 0.25) is 0 Å². The summed E-state index contributed by atoms with van der Waals surface area (Å²) in [7, 11) is 0. The number of fused-ring (bicyclic) bond motifs is 1. The number of carboxylic acids is 1. The van der Waals surface area contributed by atoms with Crippen molar-refractivity contribution < 1.29 is 14.7 Å². The highest BCUT2D eigenvalue weighted by Gasteiger charge is 2.29. The minimum absolute atomic E-state index is 0.0918. The summed E-state index contributed by atoms with van der Waals surface area (Å²) in [6, 6.07) is 5.97. The Kier molecular flexibility index (Phi) is 3.88. The van der Waals surface area contributed by atoms with Crippen molar-refractivity contribution >= 4 is 23.3 Å². The average Bonchev–Trinajstić information content (AvgIpc) is 2.83. The Bertz CT molecular complexity index is 626. The zero-order valence-corrected chi connectivity index (χ0v) is 12.5. The van der Waals surface area contributed by atoms with Crippen molar-refractivity contribution in [3.63, 3.8) is 0 Å². The summed E-state index contributed by atoms with van der Waals surface area (Å²) in [5.41, 5.74) is 2.97. The summed E-state index contributed by atoms with van der Waals surface area (Å²) in [6.07, 6.45) is 3.76. The van der Waals surface area contributed by atoms with Gasteiger partial charge in [-0.25, -0.2) is 0 Å². The molecule has 1 amide bonds. The number of carboxylic acid groups (broad SMARTS) is 1. The number of anilines is 2. The molecule has 1 fully saturated rings. The largest absolute Gasteiger partial charge is 0.481 e. The fraction of sp³-hybridized carbons (Fsp3) is 0.412. The van der Waals surface area contributed by atoms with Gasteiger partial charge in [-0.1, -0.05) is 6.08 Å². The van der Waals surface area contributed by atoms with Gasteiger partial charge in [0.1, 0.15) is 0 Å². The molecule has 1 atom stereocenters. The third-order valence-corrected chi connectivity index (χ3v) is 4.44. The van der Waals surface area contributed by atoms with E-state index in [4.69, 9.17) is 0 Å². The molecule has 0 radical (unpaired) electrons. The van der Waals surface area contributed by atoms with E-state index in [2.05, 4.69) is 11.5 Å². The molecule has 3 rings (SSSR count). The summed E-state index contributed by atoms with van der Waals surface area (Å²) < 4.78 is 0. The SMILES string of the molecule is C=CCN1C(=O)Cc2cc(N3CCCC(C(=O)O)C3)ccc21. The maximum Gasteiger partial charge on any atom is 0.308 e. The van der Waals surface area contributed by atoms with Crippen LogP contribution < -0.4 is 9.80 Å². The highest BCUT2D eigenvalue weighted by molar-refractivity contribution is 6.02. The normalized spacial score (nSPS) is 20.9. The number of carbonyl (C=O) groups excluding carboxylic acids is 1. The van der Waals surface area contributed by atoms with Crippen LogP contribution in [0.3, 0.4) is 0 Å². The molecule has 2 aliphatic rings. The first-order valence-electron chi connectivity index (χ1n) is 7.62. The van der Waals surface area contributed by atoms with Crippen LogP contribution in [-0.2, 0) is 16.0 Å². The first kappa shape index (κ1) is 14.6. The topological polar surface area (TPSA) is 60.9 Å². The van der Waals surface area contributed by atoms with Crippen LogP contribution in [0.5, 0.6) is 0 Å². The molecule has 1 aromatic rings. The number of piperidine rings is 1. The van der Waals surface area contributed by atoms with Crippen molar-refractivity contribution in [3.05, 3.63) is 36.4 Å². The van der Waals surface area contributed by atoms with E-state index in [-0.39, 0.29) is 11.8 Å². The highest BCUT2D eigenvalue weighted by atomic mass is 16.4. The molecule has 2 heterocycles. The lowest BCUT2D eigenvalue weighted by molar-refractivity contribution is -0.142. The van der Waals surface area contributed by atoms with Gasteiger partial charge < -0.3 is 14.9 Å². The summed E-state index contributed by atoms with van der Waals surface area (Å²) in [6.45, 7) is 5.62. The molecule has 0 aliphatic carbocycles. The lowest BCUT2D eigenvalue weighted by Crippen LogP contribution is -2.38. The summed E-state index contributed by atoms with van der Waals surface area (Å²) >= 11 is 0. The molecule has 5 heteroatoms. The molecule has 116 valence electrons. The van der Waals surface area contributed by atoms with Gasteiger partial charge >= 0.3 is 5.97 Å². The van der Waals surface area contributed by atoms with Gasteiger partial charge in [-0.3, -0.25) is 9.59 Å². The standard InChI is InChI=1S/C17H20N2O3/c1-2-7-19-15-6-5-14(9-13(15)10-16(19)20)18-8-3-4-12(11-18)17(21)22/h2,5-6,9,12H,1,3-4,7-8,10-11H2,(H,21,22). The summed E-state index contributed by atoms with van der Waals surface area (Å²) in [4.78, 5) is 27.1. The third-order valence-electron chi connectivity index (χ3n) is 4.44. The molecule has 1 N–H and O–H groups in total. The zero-order chi connectivity index (χ0) is 15.7. The van der Waals surface area contributed by atoms with Crippen molar-refractivity contribution in [1.29, 1.82) is 0 Å². The zero-order valence-electron chi connectivity index (χ0n) is 12.5. The second-order valence-electron chi connectivity index (χ2n) is 5.91. The van der Waals surface area contributed by atoms with Crippen LogP contribution in [0.1, 0.15) is 18.4 Å². The maximum atomic E-state index is 12.0. The summed E-state index contributed by atoms with van der Waals surface area (Å²) in [5.74, 6) is -0.937. The van der Waals surface area contributed by atoms with Crippen molar-refractivity contribution in [1.82, 2.24) is 0 Å². The van der Waals surface area contributed by atoms with E-state index < -0.39 is 5.97 Å². The fourth-order valence-electron chi connectivity index (χ4n) is 3.31. The molecule has 1 unspecified atom stereocenters. The first-order chi connectivity index (χ1) is 10.6. The number of hydrogen-bond donors (Lipinski definition) is 1. The van der Waals surface area contributed by atoms with Gasteiger partial charge in [-0.05, 0) is 36.6 Å².